The monoisotopic (exact) mass is 271 g/mol. The lowest BCUT2D eigenvalue weighted by atomic mass is 10.1. The molecule has 0 saturated carbocycles. The average molecular weight is 271 g/mol. The fourth-order valence-electron chi connectivity index (χ4n) is 2.05. The molecule has 0 radical (unpaired) electrons. The molecule has 3 nitrogen and oxygen atoms in total. The van der Waals surface area contributed by atoms with Crippen LogP contribution in [0.2, 0.25) is 0 Å². The molecule has 20 heavy (non-hydrogen) atoms. The second kappa shape index (κ2) is 7.56. The van der Waals surface area contributed by atoms with Gasteiger partial charge in [-0.3, -0.25) is 0 Å². The zero-order valence-corrected chi connectivity index (χ0v) is 11.8. The van der Waals surface area contributed by atoms with Crippen LogP contribution in [0.3, 0.4) is 0 Å². The summed E-state index contributed by atoms with van der Waals surface area (Å²) in [4.78, 5) is 0. The van der Waals surface area contributed by atoms with Gasteiger partial charge in [0.2, 0.25) is 0 Å². The molecule has 0 aromatic heterocycles. The predicted octanol–water partition coefficient (Wildman–Crippen LogP) is 3.17. The third-order valence-corrected chi connectivity index (χ3v) is 3.16. The first-order chi connectivity index (χ1) is 9.83. The van der Waals surface area contributed by atoms with E-state index in [2.05, 4.69) is 6.07 Å². The Bertz CT molecular complexity index is 526. The van der Waals surface area contributed by atoms with Crippen LogP contribution in [0.25, 0.3) is 0 Å². The van der Waals surface area contributed by atoms with Crippen LogP contribution < -0.4 is 15.2 Å². The Hall–Kier alpha value is -2.00. The first-order valence-corrected chi connectivity index (χ1v) is 6.87. The van der Waals surface area contributed by atoms with Gasteiger partial charge in [0.05, 0.1) is 7.11 Å². The fourth-order valence-corrected chi connectivity index (χ4v) is 2.05. The van der Waals surface area contributed by atoms with E-state index in [-0.39, 0.29) is 0 Å². The quantitative estimate of drug-likeness (QED) is 0.841. The Morgan fingerprint density at radius 2 is 1.85 bits per heavy atom. The van der Waals surface area contributed by atoms with Gasteiger partial charge in [0.1, 0.15) is 18.1 Å². The smallest absolute Gasteiger partial charge is 0.125 e. The first kappa shape index (κ1) is 14.4. The Morgan fingerprint density at radius 1 is 1.05 bits per heavy atom. The number of nitrogens with two attached hydrogens (primary N) is 1. The lowest BCUT2D eigenvalue weighted by Gasteiger charge is -2.11. The Morgan fingerprint density at radius 3 is 2.55 bits per heavy atom. The molecule has 0 bridgehead atoms. The van der Waals surface area contributed by atoms with Crippen LogP contribution >= 0.6 is 0 Å². The van der Waals surface area contributed by atoms with Gasteiger partial charge in [-0.05, 0) is 36.6 Å². The largest absolute Gasteiger partial charge is 0.496 e. The summed E-state index contributed by atoms with van der Waals surface area (Å²) in [5.41, 5.74) is 7.87. The van der Waals surface area contributed by atoms with E-state index in [1.165, 1.54) is 5.56 Å². The van der Waals surface area contributed by atoms with Crippen molar-refractivity contribution < 1.29 is 9.47 Å². The van der Waals surface area contributed by atoms with Crippen molar-refractivity contribution in [3.05, 3.63) is 59.7 Å². The van der Waals surface area contributed by atoms with Crippen LogP contribution in [0, 0.1) is 0 Å². The third kappa shape index (κ3) is 4.00. The van der Waals surface area contributed by atoms with Crippen molar-refractivity contribution in [2.24, 2.45) is 5.73 Å². The van der Waals surface area contributed by atoms with Crippen molar-refractivity contribution in [3.8, 4) is 11.5 Å². The van der Waals surface area contributed by atoms with E-state index in [0.29, 0.717) is 13.2 Å². The van der Waals surface area contributed by atoms with Crippen LogP contribution in [0.4, 0.5) is 0 Å². The minimum Gasteiger partial charge on any atom is -0.496 e. The number of hydrogen-bond donors (Lipinski definition) is 1. The van der Waals surface area contributed by atoms with E-state index in [9.17, 15) is 0 Å². The molecule has 0 aliphatic heterocycles. The van der Waals surface area contributed by atoms with Gasteiger partial charge in [-0.25, -0.2) is 0 Å². The molecule has 0 unspecified atom stereocenters. The van der Waals surface area contributed by atoms with Crippen molar-refractivity contribution in [3.63, 3.8) is 0 Å². The predicted molar refractivity (Wildman–Crippen MR) is 81.1 cm³/mol. The SMILES string of the molecule is COc1cc(OCc2ccccc2)ccc1CCCN. The molecule has 0 atom stereocenters. The van der Waals surface area contributed by atoms with Crippen LogP contribution in [0.5, 0.6) is 11.5 Å². The highest BCUT2D eigenvalue weighted by Crippen LogP contribution is 2.26. The summed E-state index contributed by atoms with van der Waals surface area (Å²) in [6, 6.07) is 16.1. The molecule has 2 N–H and O–H groups in total. The number of rotatable bonds is 7. The Balaban J connectivity index is 2.02. The van der Waals surface area contributed by atoms with Gasteiger partial charge in [0.25, 0.3) is 0 Å². The van der Waals surface area contributed by atoms with Gasteiger partial charge in [-0.2, -0.15) is 0 Å². The van der Waals surface area contributed by atoms with Crippen molar-refractivity contribution in [2.45, 2.75) is 19.4 Å². The van der Waals surface area contributed by atoms with Crippen LogP contribution in [-0.2, 0) is 13.0 Å². The topological polar surface area (TPSA) is 44.5 Å². The molecule has 0 spiro atoms. The molecule has 2 aromatic carbocycles. The lowest BCUT2D eigenvalue weighted by Crippen LogP contribution is -2.02. The molecule has 0 amide bonds. The maximum absolute atomic E-state index is 5.79. The van der Waals surface area contributed by atoms with Gasteiger partial charge in [0.15, 0.2) is 0 Å². The van der Waals surface area contributed by atoms with Crippen LogP contribution in [0.15, 0.2) is 48.5 Å². The average Bonchev–Trinajstić information content (AvgIpc) is 2.52. The van der Waals surface area contributed by atoms with E-state index in [1.54, 1.807) is 7.11 Å². The summed E-state index contributed by atoms with van der Waals surface area (Å²) in [6.07, 6.45) is 1.89. The lowest BCUT2D eigenvalue weighted by molar-refractivity contribution is 0.303. The minimum absolute atomic E-state index is 0.562. The molecule has 3 heteroatoms. The number of hydrogen-bond acceptors (Lipinski definition) is 3. The Kier molecular flexibility index (Phi) is 5.44. The highest BCUT2D eigenvalue weighted by molar-refractivity contribution is 5.41. The molecule has 0 fully saturated rings. The molecule has 2 rings (SSSR count). The summed E-state index contributed by atoms with van der Waals surface area (Å²) in [7, 11) is 1.68. The molecule has 106 valence electrons. The first-order valence-electron chi connectivity index (χ1n) is 6.87. The standard InChI is InChI=1S/C17H21NO2/c1-19-17-12-16(10-9-15(17)8-5-11-18)20-13-14-6-3-2-4-7-14/h2-4,6-7,9-10,12H,5,8,11,13,18H2,1H3. The second-order valence-electron chi connectivity index (χ2n) is 4.64. The van der Waals surface area contributed by atoms with E-state index in [4.69, 9.17) is 15.2 Å². The number of methoxy groups -OCH3 is 1. The molecule has 0 aliphatic carbocycles. The molecule has 2 aromatic rings. The van der Waals surface area contributed by atoms with E-state index >= 15 is 0 Å². The molecule has 0 aliphatic rings. The molecular formula is C17H21NO2. The van der Waals surface area contributed by atoms with E-state index in [1.807, 2.05) is 42.5 Å². The van der Waals surface area contributed by atoms with Crippen LogP contribution in [0.1, 0.15) is 17.5 Å². The maximum atomic E-state index is 5.79. The summed E-state index contributed by atoms with van der Waals surface area (Å²) >= 11 is 0. The third-order valence-electron chi connectivity index (χ3n) is 3.16. The maximum Gasteiger partial charge on any atom is 0.125 e. The Labute approximate surface area is 120 Å². The van der Waals surface area contributed by atoms with Gasteiger partial charge < -0.3 is 15.2 Å². The summed E-state index contributed by atoms with van der Waals surface area (Å²) in [5, 5.41) is 0. The van der Waals surface area contributed by atoms with Gasteiger partial charge in [-0.15, -0.1) is 0 Å². The summed E-state index contributed by atoms with van der Waals surface area (Å²) in [6.45, 7) is 1.25. The zero-order valence-electron chi connectivity index (χ0n) is 11.8. The second-order valence-corrected chi connectivity index (χ2v) is 4.64. The van der Waals surface area contributed by atoms with E-state index in [0.717, 1.165) is 29.9 Å². The van der Waals surface area contributed by atoms with Crippen molar-refractivity contribution in [2.75, 3.05) is 13.7 Å². The minimum atomic E-state index is 0.562. The summed E-state index contributed by atoms with van der Waals surface area (Å²) in [5.74, 6) is 1.69. The van der Waals surface area contributed by atoms with Gasteiger partial charge in [-0.1, -0.05) is 36.4 Å². The highest BCUT2D eigenvalue weighted by Gasteiger charge is 2.05. The highest BCUT2D eigenvalue weighted by atomic mass is 16.5. The fraction of sp³-hybridized carbons (Fsp3) is 0.294. The number of ether oxygens (including phenoxy) is 2. The zero-order chi connectivity index (χ0) is 14.2. The molecule has 0 saturated heterocycles. The number of aryl methyl sites for hydroxylation is 1. The molecule has 0 heterocycles. The van der Waals surface area contributed by atoms with Gasteiger partial charge >= 0.3 is 0 Å². The van der Waals surface area contributed by atoms with Crippen molar-refractivity contribution in [1.29, 1.82) is 0 Å². The van der Waals surface area contributed by atoms with E-state index < -0.39 is 0 Å². The van der Waals surface area contributed by atoms with Crippen LogP contribution in [-0.4, -0.2) is 13.7 Å². The molecular weight excluding hydrogens is 250 g/mol. The van der Waals surface area contributed by atoms with Crippen molar-refractivity contribution >= 4 is 0 Å². The van der Waals surface area contributed by atoms with Gasteiger partial charge in [0, 0.05) is 6.07 Å². The normalized spacial score (nSPS) is 10.3. The summed E-state index contributed by atoms with van der Waals surface area (Å²) < 4.78 is 11.2. The van der Waals surface area contributed by atoms with Crippen molar-refractivity contribution in [1.82, 2.24) is 0 Å². The number of benzene rings is 2.